The second-order valence-electron chi connectivity index (χ2n) is 6.81. The fourth-order valence-electron chi connectivity index (χ4n) is 3.37. The van der Waals surface area contributed by atoms with Gasteiger partial charge in [0.1, 0.15) is 11.6 Å². The Morgan fingerprint density at radius 2 is 1.68 bits per heavy atom. The van der Waals surface area contributed by atoms with Gasteiger partial charge in [-0.2, -0.15) is 0 Å². The Morgan fingerprint density at radius 3 is 2.29 bits per heavy atom. The molecule has 162 valence electrons. The van der Waals surface area contributed by atoms with Gasteiger partial charge in [-0.15, -0.1) is 0 Å². The minimum absolute atomic E-state index is 0.533. The molecule has 1 aliphatic heterocycles. The third-order valence-electron chi connectivity index (χ3n) is 4.93. The molecule has 3 aromatic rings. The normalized spacial score (nSPS) is 13.6. The lowest BCUT2D eigenvalue weighted by Gasteiger charge is -2.27. The Hall–Kier alpha value is -3.59. The average Bonchev–Trinajstić information content (AvgIpc) is 2.84. The first-order valence-corrected chi connectivity index (χ1v) is 9.91. The Bertz CT molecular complexity index is 998. The van der Waals surface area contributed by atoms with Crippen LogP contribution >= 0.6 is 0 Å². The topological polar surface area (TPSA) is 90.9 Å². The van der Waals surface area contributed by atoms with E-state index in [9.17, 15) is 0 Å². The summed E-state index contributed by atoms with van der Waals surface area (Å²) in [5, 5.41) is 3.27. The van der Waals surface area contributed by atoms with Crippen LogP contribution in [-0.2, 0) is 4.74 Å². The number of rotatable bonds is 7. The number of hydrogen-bond acceptors (Lipinski definition) is 9. The zero-order valence-corrected chi connectivity index (χ0v) is 17.8. The molecule has 31 heavy (non-hydrogen) atoms. The van der Waals surface area contributed by atoms with Crippen molar-refractivity contribution in [3.63, 3.8) is 0 Å². The highest BCUT2D eigenvalue weighted by Crippen LogP contribution is 2.40. The molecule has 0 amide bonds. The molecule has 0 radical (unpaired) electrons. The second-order valence-corrected chi connectivity index (χ2v) is 6.81. The van der Waals surface area contributed by atoms with Gasteiger partial charge in [0.25, 0.3) is 0 Å². The molecule has 1 aliphatic rings. The molecule has 0 bridgehead atoms. The maximum atomic E-state index is 5.41. The van der Waals surface area contributed by atoms with Crippen LogP contribution in [0.4, 0.5) is 17.3 Å². The van der Waals surface area contributed by atoms with Crippen LogP contribution in [0.1, 0.15) is 0 Å². The first-order valence-electron chi connectivity index (χ1n) is 9.91. The van der Waals surface area contributed by atoms with Gasteiger partial charge in [-0.05, 0) is 18.2 Å². The maximum absolute atomic E-state index is 5.41. The highest BCUT2D eigenvalue weighted by Gasteiger charge is 2.15. The molecule has 9 nitrogen and oxygen atoms in total. The van der Waals surface area contributed by atoms with E-state index in [2.05, 4.69) is 25.2 Å². The van der Waals surface area contributed by atoms with E-state index in [1.54, 1.807) is 39.8 Å². The third-order valence-corrected chi connectivity index (χ3v) is 4.93. The van der Waals surface area contributed by atoms with Crippen LogP contribution in [0.3, 0.4) is 0 Å². The summed E-state index contributed by atoms with van der Waals surface area (Å²) in [6, 6.07) is 9.41. The van der Waals surface area contributed by atoms with Gasteiger partial charge in [0.05, 0.1) is 34.5 Å². The van der Waals surface area contributed by atoms with Gasteiger partial charge in [0.2, 0.25) is 5.75 Å². The number of nitrogens with zero attached hydrogens (tertiary/aromatic N) is 4. The van der Waals surface area contributed by atoms with E-state index in [0.717, 1.165) is 43.4 Å². The minimum atomic E-state index is 0.533. The van der Waals surface area contributed by atoms with E-state index in [4.69, 9.17) is 18.9 Å². The maximum Gasteiger partial charge on any atom is 0.203 e. The lowest BCUT2D eigenvalue weighted by Crippen LogP contribution is -2.36. The van der Waals surface area contributed by atoms with Crippen LogP contribution < -0.4 is 24.4 Å². The first kappa shape index (κ1) is 20.7. The number of pyridine rings is 1. The van der Waals surface area contributed by atoms with Crippen molar-refractivity contribution in [3.05, 3.63) is 42.7 Å². The summed E-state index contributed by atoms with van der Waals surface area (Å²) in [5.41, 5.74) is 1.59. The number of methoxy groups -OCH3 is 3. The van der Waals surface area contributed by atoms with Crippen molar-refractivity contribution in [3.8, 4) is 28.6 Å². The number of nitrogens with one attached hydrogen (secondary N) is 1. The predicted octanol–water partition coefficient (Wildman–Crippen LogP) is 3.14. The van der Waals surface area contributed by atoms with Crippen LogP contribution in [0.15, 0.2) is 42.7 Å². The average molecular weight is 423 g/mol. The van der Waals surface area contributed by atoms with Crippen LogP contribution in [0.2, 0.25) is 0 Å². The lowest BCUT2D eigenvalue weighted by molar-refractivity contribution is 0.122. The number of aromatic nitrogens is 3. The van der Waals surface area contributed by atoms with Gasteiger partial charge in [0.15, 0.2) is 17.3 Å². The number of benzene rings is 1. The van der Waals surface area contributed by atoms with Crippen molar-refractivity contribution >= 4 is 17.3 Å². The van der Waals surface area contributed by atoms with Gasteiger partial charge >= 0.3 is 0 Å². The van der Waals surface area contributed by atoms with Gasteiger partial charge in [-0.1, -0.05) is 0 Å². The molecule has 3 heterocycles. The quantitative estimate of drug-likeness (QED) is 0.615. The number of morpholine rings is 1. The molecule has 1 N–H and O–H groups in total. The molecule has 0 aliphatic carbocycles. The highest BCUT2D eigenvalue weighted by atomic mass is 16.5. The first-order chi connectivity index (χ1) is 15.2. The van der Waals surface area contributed by atoms with Crippen LogP contribution in [0.5, 0.6) is 17.2 Å². The van der Waals surface area contributed by atoms with Gasteiger partial charge in [-0.25, -0.2) is 15.0 Å². The van der Waals surface area contributed by atoms with E-state index in [-0.39, 0.29) is 0 Å². The van der Waals surface area contributed by atoms with Crippen molar-refractivity contribution in [2.75, 3.05) is 57.8 Å². The summed E-state index contributed by atoms with van der Waals surface area (Å²) in [6.45, 7) is 3.14. The van der Waals surface area contributed by atoms with Gasteiger partial charge in [0, 0.05) is 48.9 Å². The zero-order chi connectivity index (χ0) is 21.6. The molecule has 4 rings (SSSR count). The summed E-state index contributed by atoms with van der Waals surface area (Å²) in [7, 11) is 4.73. The van der Waals surface area contributed by atoms with E-state index >= 15 is 0 Å². The Morgan fingerprint density at radius 1 is 0.935 bits per heavy atom. The van der Waals surface area contributed by atoms with Crippen LogP contribution in [0.25, 0.3) is 11.4 Å². The summed E-state index contributed by atoms with van der Waals surface area (Å²) in [5.74, 6) is 3.79. The fourth-order valence-corrected chi connectivity index (χ4v) is 3.37. The lowest BCUT2D eigenvalue weighted by atomic mass is 10.2. The molecule has 0 saturated carbocycles. The molecular weight excluding hydrogens is 398 g/mol. The Labute approximate surface area is 181 Å². The smallest absolute Gasteiger partial charge is 0.203 e. The zero-order valence-electron chi connectivity index (χ0n) is 17.8. The molecule has 1 saturated heterocycles. The van der Waals surface area contributed by atoms with Gasteiger partial charge < -0.3 is 29.2 Å². The molecule has 0 atom stereocenters. The fraction of sp³-hybridized carbons (Fsp3) is 0.318. The Kier molecular flexibility index (Phi) is 6.32. The molecule has 1 aromatic carbocycles. The summed E-state index contributed by atoms with van der Waals surface area (Å²) >= 11 is 0. The van der Waals surface area contributed by atoms with Crippen molar-refractivity contribution in [2.45, 2.75) is 0 Å². The van der Waals surface area contributed by atoms with Gasteiger partial charge in [-0.3, -0.25) is 0 Å². The SMILES string of the molecule is COc1cc(Nc2ccnc(-c3ccc(N4CCOCC4)nc3)n2)cc(OC)c1OC. The van der Waals surface area contributed by atoms with E-state index in [0.29, 0.717) is 28.9 Å². The summed E-state index contributed by atoms with van der Waals surface area (Å²) < 4.78 is 21.6. The minimum Gasteiger partial charge on any atom is -0.493 e. The van der Waals surface area contributed by atoms with E-state index in [1.165, 1.54) is 0 Å². The molecular formula is C22H25N5O4. The molecule has 0 unspecified atom stereocenters. The van der Waals surface area contributed by atoms with Crippen molar-refractivity contribution in [1.82, 2.24) is 15.0 Å². The Balaban J connectivity index is 1.55. The summed E-state index contributed by atoms with van der Waals surface area (Å²) in [4.78, 5) is 15.8. The van der Waals surface area contributed by atoms with Crippen molar-refractivity contribution in [2.24, 2.45) is 0 Å². The molecule has 1 fully saturated rings. The standard InChI is InChI=1S/C22H25N5O4/c1-28-17-12-16(13-18(29-2)21(17)30-3)25-19-6-7-23-22(26-19)15-4-5-20(24-14-15)27-8-10-31-11-9-27/h4-7,12-14H,8-11H2,1-3H3,(H,23,25,26). The molecule has 9 heteroatoms. The second kappa shape index (κ2) is 9.48. The highest BCUT2D eigenvalue weighted by molar-refractivity contribution is 5.67. The van der Waals surface area contributed by atoms with E-state index < -0.39 is 0 Å². The third kappa shape index (κ3) is 4.61. The largest absolute Gasteiger partial charge is 0.493 e. The van der Waals surface area contributed by atoms with Crippen molar-refractivity contribution in [1.29, 1.82) is 0 Å². The predicted molar refractivity (Wildman–Crippen MR) is 118 cm³/mol. The molecule has 0 spiro atoms. The number of hydrogen-bond donors (Lipinski definition) is 1. The van der Waals surface area contributed by atoms with Crippen LogP contribution in [0, 0.1) is 0 Å². The monoisotopic (exact) mass is 423 g/mol. The van der Waals surface area contributed by atoms with E-state index in [1.807, 2.05) is 24.3 Å². The summed E-state index contributed by atoms with van der Waals surface area (Å²) in [6.07, 6.45) is 3.50. The van der Waals surface area contributed by atoms with Crippen molar-refractivity contribution < 1.29 is 18.9 Å². The van der Waals surface area contributed by atoms with Crippen LogP contribution in [-0.4, -0.2) is 62.6 Å². The number of anilines is 3. The number of ether oxygens (including phenoxy) is 4. The molecule has 2 aromatic heterocycles.